The Morgan fingerprint density at radius 2 is 1.92 bits per heavy atom. The lowest BCUT2D eigenvalue weighted by Crippen LogP contribution is -2.50. The van der Waals surface area contributed by atoms with Crippen LogP contribution < -0.4 is 14.8 Å². The van der Waals surface area contributed by atoms with Gasteiger partial charge in [0.05, 0.1) is 0 Å². The van der Waals surface area contributed by atoms with Crippen LogP contribution in [0.15, 0.2) is 18.2 Å². The summed E-state index contributed by atoms with van der Waals surface area (Å²) in [6.07, 6.45) is 1.21. The Morgan fingerprint density at radius 1 is 1.19 bits per heavy atom. The van der Waals surface area contributed by atoms with E-state index in [1.807, 2.05) is 20.8 Å². The number of ether oxygens (including phenoxy) is 3. The first kappa shape index (κ1) is 18.4. The topological polar surface area (TPSA) is 77.1 Å². The Labute approximate surface area is 153 Å². The van der Waals surface area contributed by atoms with Crippen molar-refractivity contribution in [1.29, 1.82) is 0 Å². The maximum atomic E-state index is 12.8. The minimum absolute atomic E-state index is 0.0716. The third kappa shape index (κ3) is 4.59. The summed E-state index contributed by atoms with van der Waals surface area (Å²) < 4.78 is 16.3. The quantitative estimate of drug-likeness (QED) is 0.875. The van der Waals surface area contributed by atoms with Crippen LogP contribution in [0.5, 0.6) is 11.5 Å². The van der Waals surface area contributed by atoms with Crippen molar-refractivity contribution in [2.24, 2.45) is 0 Å². The van der Waals surface area contributed by atoms with E-state index in [9.17, 15) is 9.59 Å². The van der Waals surface area contributed by atoms with Crippen molar-refractivity contribution in [2.75, 3.05) is 26.3 Å². The number of piperidine rings is 1. The molecule has 3 rings (SSSR count). The van der Waals surface area contributed by atoms with Crippen molar-refractivity contribution in [3.63, 3.8) is 0 Å². The van der Waals surface area contributed by atoms with Crippen molar-refractivity contribution in [3.05, 3.63) is 23.8 Å². The lowest BCUT2D eigenvalue weighted by Gasteiger charge is -2.33. The molecule has 1 aromatic rings. The molecule has 1 atom stereocenters. The fraction of sp³-hybridized carbons (Fsp3) is 0.579. The van der Waals surface area contributed by atoms with E-state index >= 15 is 0 Å². The standard InChI is InChI=1S/C19H26N2O5/c1-19(2,3)26-18(23)20-14-5-4-8-21(12-14)17(22)13-6-7-15-16(11-13)25-10-9-24-15/h6-7,11,14H,4-5,8-10,12H2,1-3H3,(H,20,23). The van der Waals surface area contributed by atoms with Gasteiger partial charge in [-0.1, -0.05) is 0 Å². The van der Waals surface area contributed by atoms with Gasteiger partial charge in [0.1, 0.15) is 18.8 Å². The molecule has 2 amide bonds. The summed E-state index contributed by atoms with van der Waals surface area (Å²) in [6.45, 7) is 7.61. The van der Waals surface area contributed by atoms with Gasteiger partial charge >= 0.3 is 6.09 Å². The van der Waals surface area contributed by atoms with E-state index in [0.29, 0.717) is 43.4 Å². The number of hydrogen-bond acceptors (Lipinski definition) is 5. The van der Waals surface area contributed by atoms with Crippen molar-refractivity contribution >= 4 is 12.0 Å². The van der Waals surface area contributed by atoms with E-state index in [0.717, 1.165) is 12.8 Å². The highest BCUT2D eigenvalue weighted by Crippen LogP contribution is 2.31. The molecule has 2 aliphatic rings. The molecule has 7 nitrogen and oxygen atoms in total. The zero-order valence-electron chi connectivity index (χ0n) is 15.5. The maximum absolute atomic E-state index is 12.8. The van der Waals surface area contributed by atoms with Gasteiger partial charge in [0, 0.05) is 24.7 Å². The van der Waals surface area contributed by atoms with E-state index in [2.05, 4.69) is 5.32 Å². The third-order valence-electron chi connectivity index (χ3n) is 4.22. The fourth-order valence-electron chi connectivity index (χ4n) is 3.11. The van der Waals surface area contributed by atoms with Crippen LogP contribution in [-0.2, 0) is 4.74 Å². The van der Waals surface area contributed by atoms with E-state index in [1.54, 1.807) is 23.1 Å². The number of nitrogens with one attached hydrogen (secondary N) is 1. The molecule has 0 aromatic heterocycles. The van der Waals surface area contributed by atoms with Crippen LogP contribution in [0.4, 0.5) is 4.79 Å². The van der Waals surface area contributed by atoms with Crippen LogP contribution >= 0.6 is 0 Å². The summed E-state index contributed by atoms with van der Waals surface area (Å²) in [5.74, 6) is 1.19. The predicted octanol–water partition coefficient (Wildman–Crippen LogP) is 2.59. The molecule has 1 aromatic carbocycles. The highest BCUT2D eigenvalue weighted by molar-refractivity contribution is 5.95. The number of alkyl carbamates (subject to hydrolysis) is 1. The molecule has 142 valence electrons. The van der Waals surface area contributed by atoms with Gasteiger partial charge in [-0.15, -0.1) is 0 Å². The second-order valence-corrected chi connectivity index (χ2v) is 7.59. The Bertz CT molecular complexity index is 683. The SMILES string of the molecule is CC(C)(C)OC(=O)NC1CCCN(C(=O)c2ccc3c(c2)OCCO3)C1. The highest BCUT2D eigenvalue weighted by atomic mass is 16.6. The smallest absolute Gasteiger partial charge is 0.407 e. The molecular weight excluding hydrogens is 336 g/mol. The van der Waals surface area contributed by atoms with Gasteiger partial charge < -0.3 is 24.4 Å². The van der Waals surface area contributed by atoms with Gasteiger partial charge in [0.25, 0.3) is 5.91 Å². The normalized spacial score (nSPS) is 19.7. The average molecular weight is 362 g/mol. The van der Waals surface area contributed by atoms with Gasteiger partial charge in [-0.3, -0.25) is 4.79 Å². The Balaban J connectivity index is 1.62. The fourth-order valence-corrected chi connectivity index (χ4v) is 3.11. The molecule has 0 radical (unpaired) electrons. The summed E-state index contributed by atoms with van der Waals surface area (Å²) in [7, 11) is 0. The molecular formula is C19H26N2O5. The second-order valence-electron chi connectivity index (χ2n) is 7.59. The van der Waals surface area contributed by atoms with Crippen molar-refractivity contribution < 1.29 is 23.8 Å². The van der Waals surface area contributed by atoms with E-state index in [1.165, 1.54) is 0 Å². The number of hydrogen-bond donors (Lipinski definition) is 1. The lowest BCUT2D eigenvalue weighted by molar-refractivity contribution is 0.0452. The molecule has 7 heteroatoms. The third-order valence-corrected chi connectivity index (χ3v) is 4.22. The van der Waals surface area contributed by atoms with Crippen LogP contribution in [0.25, 0.3) is 0 Å². The summed E-state index contributed by atoms with van der Waals surface area (Å²) in [6, 6.07) is 5.13. The second kappa shape index (κ2) is 7.43. The van der Waals surface area contributed by atoms with Crippen LogP contribution in [0.3, 0.4) is 0 Å². The number of carbonyl (C=O) groups is 2. The van der Waals surface area contributed by atoms with Crippen molar-refractivity contribution in [3.8, 4) is 11.5 Å². The molecule has 2 heterocycles. The van der Waals surface area contributed by atoms with Gasteiger partial charge in [-0.25, -0.2) is 4.79 Å². The van der Waals surface area contributed by atoms with Gasteiger partial charge in [0.2, 0.25) is 0 Å². The number of benzene rings is 1. The number of amides is 2. The molecule has 2 aliphatic heterocycles. The minimum Gasteiger partial charge on any atom is -0.486 e. The van der Waals surface area contributed by atoms with Crippen molar-refractivity contribution in [2.45, 2.75) is 45.3 Å². The number of likely N-dealkylation sites (tertiary alicyclic amines) is 1. The monoisotopic (exact) mass is 362 g/mol. The van der Waals surface area contributed by atoms with Crippen molar-refractivity contribution in [1.82, 2.24) is 10.2 Å². The molecule has 1 N–H and O–H groups in total. The van der Waals surface area contributed by atoms with Crippen LogP contribution in [0, 0.1) is 0 Å². The van der Waals surface area contributed by atoms with Crippen LogP contribution in [0.2, 0.25) is 0 Å². The molecule has 0 saturated carbocycles. The highest BCUT2D eigenvalue weighted by Gasteiger charge is 2.28. The first-order valence-corrected chi connectivity index (χ1v) is 9.00. The van der Waals surface area contributed by atoms with Crippen LogP contribution in [0.1, 0.15) is 44.0 Å². The first-order chi connectivity index (χ1) is 12.3. The molecule has 26 heavy (non-hydrogen) atoms. The summed E-state index contributed by atoms with van der Waals surface area (Å²) in [5, 5.41) is 2.86. The zero-order valence-corrected chi connectivity index (χ0v) is 15.5. The maximum Gasteiger partial charge on any atom is 0.407 e. The number of carbonyl (C=O) groups excluding carboxylic acids is 2. The predicted molar refractivity (Wildman–Crippen MR) is 95.7 cm³/mol. The Kier molecular flexibility index (Phi) is 5.25. The molecule has 1 unspecified atom stereocenters. The van der Waals surface area contributed by atoms with E-state index < -0.39 is 11.7 Å². The van der Waals surface area contributed by atoms with Gasteiger partial charge in [0.15, 0.2) is 11.5 Å². The molecule has 0 aliphatic carbocycles. The van der Waals surface area contributed by atoms with Gasteiger partial charge in [-0.2, -0.15) is 0 Å². The lowest BCUT2D eigenvalue weighted by atomic mass is 10.0. The molecule has 1 saturated heterocycles. The average Bonchev–Trinajstić information content (AvgIpc) is 2.59. The number of fused-ring (bicyclic) bond motifs is 1. The molecule has 1 fully saturated rings. The molecule has 0 spiro atoms. The minimum atomic E-state index is -0.542. The summed E-state index contributed by atoms with van der Waals surface area (Å²) >= 11 is 0. The van der Waals surface area contributed by atoms with E-state index in [4.69, 9.17) is 14.2 Å². The number of nitrogens with zero attached hydrogens (tertiary/aromatic N) is 1. The summed E-state index contributed by atoms with van der Waals surface area (Å²) in [4.78, 5) is 26.6. The Hall–Kier alpha value is -2.44. The zero-order chi connectivity index (χ0) is 18.7. The molecule has 0 bridgehead atoms. The van der Waals surface area contributed by atoms with Gasteiger partial charge in [-0.05, 0) is 51.8 Å². The van der Waals surface area contributed by atoms with E-state index in [-0.39, 0.29) is 11.9 Å². The Morgan fingerprint density at radius 3 is 2.65 bits per heavy atom. The first-order valence-electron chi connectivity index (χ1n) is 9.00. The summed E-state index contributed by atoms with van der Waals surface area (Å²) in [5.41, 5.74) is 0.0200. The van der Waals surface area contributed by atoms with Crippen LogP contribution in [-0.4, -0.2) is 54.8 Å². The largest absolute Gasteiger partial charge is 0.486 e. The number of rotatable bonds is 2.